The third-order valence-corrected chi connectivity index (χ3v) is 10.4. The Bertz CT molecular complexity index is 1780. The minimum atomic E-state index is -3.67. The molecule has 1 atom stereocenters. The monoisotopic (exact) mass is 570 g/mol. The normalized spacial score (nSPS) is 20.4. The third-order valence-electron chi connectivity index (χ3n) is 8.07. The van der Waals surface area contributed by atoms with Crippen LogP contribution in [0.2, 0.25) is 0 Å². The number of nitrogens with zero attached hydrogens (tertiary/aromatic N) is 4. The molecule has 1 fully saturated rings. The highest BCUT2D eigenvalue weighted by atomic mass is 32.2. The highest BCUT2D eigenvalue weighted by Gasteiger charge is 2.39. The molecule has 2 aromatic heterocycles. The van der Waals surface area contributed by atoms with Crippen LogP contribution in [0.1, 0.15) is 24.5 Å². The lowest BCUT2D eigenvalue weighted by atomic mass is 10.0. The molecule has 1 aliphatic carbocycles. The van der Waals surface area contributed by atoms with Crippen LogP contribution >= 0.6 is 0 Å². The molecule has 0 radical (unpaired) electrons. The first kappa shape index (κ1) is 27.2. The lowest BCUT2D eigenvalue weighted by molar-refractivity contribution is -0.122. The van der Waals surface area contributed by atoms with Gasteiger partial charge in [-0.2, -0.15) is 5.10 Å². The van der Waals surface area contributed by atoms with Gasteiger partial charge in [0.1, 0.15) is 4.75 Å². The van der Waals surface area contributed by atoms with Crippen LogP contribution in [0.25, 0.3) is 21.8 Å². The summed E-state index contributed by atoms with van der Waals surface area (Å²) in [5.74, 6) is -0.150. The summed E-state index contributed by atoms with van der Waals surface area (Å²) in [6.45, 7) is 5.74. The molecule has 2 aromatic carbocycles. The smallest absolute Gasteiger partial charge is 0.254 e. The number of hydrazone groups is 1. The summed E-state index contributed by atoms with van der Waals surface area (Å²) in [6, 6.07) is 15.6. The Hall–Kier alpha value is -3.99. The largest absolute Gasteiger partial charge is 0.361 e. The number of benzene rings is 2. The second-order valence-electron chi connectivity index (χ2n) is 10.9. The molecule has 212 valence electrons. The van der Waals surface area contributed by atoms with Gasteiger partial charge in [0, 0.05) is 67.0 Å². The molecule has 10 heteroatoms. The van der Waals surface area contributed by atoms with Crippen molar-refractivity contribution < 1.29 is 13.2 Å². The van der Waals surface area contributed by atoms with Crippen LogP contribution in [0.4, 0.5) is 0 Å². The van der Waals surface area contributed by atoms with Gasteiger partial charge in [-0.25, -0.2) is 17.8 Å². The van der Waals surface area contributed by atoms with Gasteiger partial charge in [-0.3, -0.25) is 14.6 Å². The van der Waals surface area contributed by atoms with Gasteiger partial charge in [0.2, 0.25) is 10.0 Å². The molecule has 6 rings (SSSR count). The van der Waals surface area contributed by atoms with Crippen LogP contribution in [-0.2, 0) is 21.4 Å². The van der Waals surface area contributed by atoms with E-state index in [4.69, 9.17) is 0 Å². The Kier molecular flexibility index (Phi) is 7.37. The Morgan fingerprint density at radius 3 is 2.54 bits per heavy atom. The molecule has 3 heterocycles. The Labute approximate surface area is 239 Å². The number of rotatable bonds is 8. The Morgan fingerprint density at radius 1 is 1.02 bits per heavy atom. The summed E-state index contributed by atoms with van der Waals surface area (Å²) >= 11 is 0. The number of fused-ring (bicyclic) bond motifs is 2. The first-order chi connectivity index (χ1) is 19.8. The highest BCUT2D eigenvalue weighted by Crippen LogP contribution is 2.33. The van der Waals surface area contributed by atoms with Crippen molar-refractivity contribution in [3.05, 3.63) is 96.4 Å². The fraction of sp³-hybridized carbons (Fsp3) is 0.290. The molecular weight excluding hydrogens is 536 g/mol. The lowest BCUT2D eigenvalue weighted by Gasteiger charge is -2.34. The third kappa shape index (κ3) is 5.38. The zero-order chi connectivity index (χ0) is 28.5. The van der Waals surface area contributed by atoms with Crippen LogP contribution < -0.4 is 5.43 Å². The van der Waals surface area contributed by atoms with Gasteiger partial charge in [0.25, 0.3) is 5.91 Å². The quantitative estimate of drug-likeness (QED) is 0.248. The molecule has 1 saturated heterocycles. The highest BCUT2D eigenvalue weighted by molar-refractivity contribution is 7.91. The minimum absolute atomic E-state index is 0.150. The van der Waals surface area contributed by atoms with Crippen LogP contribution in [0.5, 0.6) is 0 Å². The van der Waals surface area contributed by atoms with Gasteiger partial charge in [-0.1, -0.05) is 60.7 Å². The number of nitrogens with one attached hydrogen (secondary N) is 2. The molecule has 1 aliphatic heterocycles. The van der Waals surface area contributed by atoms with E-state index < -0.39 is 14.8 Å². The average molecular weight is 571 g/mol. The van der Waals surface area contributed by atoms with E-state index in [1.54, 1.807) is 25.4 Å². The Morgan fingerprint density at radius 2 is 1.76 bits per heavy atom. The summed E-state index contributed by atoms with van der Waals surface area (Å²) in [5, 5.41) is 6.15. The van der Waals surface area contributed by atoms with Gasteiger partial charge < -0.3 is 4.98 Å². The molecule has 2 aliphatic rings. The topological polar surface area (TPSA) is 103 Å². The summed E-state index contributed by atoms with van der Waals surface area (Å²) in [6.07, 6.45) is 13.1. The van der Waals surface area contributed by atoms with Crippen molar-refractivity contribution >= 4 is 44.0 Å². The fourth-order valence-corrected chi connectivity index (χ4v) is 7.32. The van der Waals surface area contributed by atoms with Crippen LogP contribution in [-0.4, -0.2) is 76.8 Å². The zero-order valence-electron chi connectivity index (χ0n) is 23.0. The molecule has 1 amide bonds. The maximum Gasteiger partial charge on any atom is 0.254 e. The van der Waals surface area contributed by atoms with Gasteiger partial charge in [-0.15, -0.1) is 0 Å². The summed E-state index contributed by atoms with van der Waals surface area (Å²) < 4.78 is 28.0. The molecule has 2 N–H and O–H groups in total. The molecule has 0 saturated carbocycles. The fourth-order valence-electron chi connectivity index (χ4n) is 5.63. The SMILES string of the molecule is CC1(S(=O)(=O)n2cc(CN3CCN(CC(=O)N/N=C\c4c[nH]c5ccccc45)CC3)c3ccccc32)C=CC=CC1. The number of carbonyl (C=O) groups is 1. The zero-order valence-corrected chi connectivity index (χ0v) is 23.8. The number of allylic oxidation sites excluding steroid dienone is 3. The van der Waals surface area contributed by atoms with Crippen molar-refractivity contribution in [2.75, 3.05) is 32.7 Å². The number of aromatic amines is 1. The first-order valence-corrected chi connectivity index (χ1v) is 15.3. The lowest BCUT2D eigenvalue weighted by Crippen LogP contribution is -2.48. The van der Waals surface area contributed by atoms with E-state index in [9.17, 15) is 13.2 Å². The van der Waals surface area contributed by atoms with Crippen molar-refractivity contribution in [1.29, 1.82) is 0 Å². The molecule has 4 aromatic rings. The van der Waals surface area contributed by atoms with Crippen molar-refractivity contribution in [3.63, 3.8) is 0 Å². The number of hydrogen-bond donors (Lipinski definition) is 2. The van der Waals surface area contributed by atoms with E-state index in [0.29, 0.717) is 18.5 Å². The molecular formula is C31H34N6O3S. The van der Waals surface area contributed by atoms with Gasteiger partial charge in [-0.05, 0) is 31.0 Å². The number of H-pyrrole nitrogens is 1. The predicted molar refractivity (Wildman–Crippen MR) is 163 cm³/mol. The molecule has 1 unspecified atom stereocenters. The van der Waals surface area contributed by atoms with Gasteiger partial charge in [0.05, 0.1) is 18.3 Å². The van der Waals surface area contributed by atoms with E-state index in [1.165, 1.54) is 3.97 Å². The second kappa shape index (κ2) is 11.1. The van der Waals surface area contributed by atoms with Gasteiger partial charge in [0.15, 0.2) is 0 Å². The van der Waals surface area contributed by atoms with Gasteiger partial charge >= 0.3 is 0 Å². The van der Waals surface area contributed by atoms with Crippen molar-refractivity contribution in [3.8, 4) is 0 Å². The van der Waals surface area contributed by atoms with Crippen molar-refractivity contribution in [2.24, 2.45) is 5.10 Å². The van der Waals surface area contributed by atoms with Crippen LogP contribution in [0.15, 0.2) is 90.3 Å². The summed E-state index contributed by atoms with van der Waals surface area (Å²) in [5.41, 5.74) is 6.28. The van der Waals surface area contributed by atoms with E-state index in [1.807, 2.05) is 73.0 Å². The number of hydrogen-bond acceptors (Lipinski definition) is 6. The van der Waals surface area contributed by atoms with Crippen LogP contribution in [0, 0.1) is 0 Å². The Balaban J connectivity index is 1.07. The average Bonchev–Trinajstić information content (AvgIpc) is 3.56. The molecule has 9 nitrogen and oxygen atoms in total. The predicted octanol–water partition coefficient (Wildman–Crippen LogP) is 3.84. The standard InChI is InChI=1S/C31H34N6O3S/c1-31(13-7-2-8-14-31)41(39,40)37-22-25(27-10-4-6-12-29(27)37)21-35-15-17-36(18-16-35)23-30(38)34-33-20-24-19-32-28-11-5-3-9-26(24)28/h2-13,19-20,22,32H,14-18,21,23H2,1H3,(H,34,38)/b33-20-. The number of para-hydroxylation sites is 2. The number of amides is 1. The minimum Gasteiger partial charge on any atom is -0.361 e. The van der Waals surface area contributed by atoms with E-state index >= 15 is 0 Å². The van der Waals surface area contributed by atoms with Crippen LogP contribution in [0.3, 0.4) is 0 Å². The van der Waals surface area contributed by atoms with Crippen molar-refractivity contribution in [2.45, 2.75) is 24.6 Å². The maximum absolute atomic E-state index is 13.8. The van der Waals surface area contributed by atoms with E-state index in [-0.39, 0.29) is 12.5 Å². The number of carbonyl (C=O) groups excluding carboxylic acids is 1. The van der Waals surface area contributed by atoms with E-state index in [0.717, 1.165) is 53.6 Å². The van der Waals surface area contributed by atoms with Crippen molar-refractivity contribution in [1.82, 2.24) is 24.2 Å². The van der Waals surface area contributed by atoms with E-state index in [2.05, 4.69) is 25.3 Å². The number of piperazine rings is 1. The molecule has 0 bridgehead atoms. The molecule has 41 heavy (non-hydrogen) atoms. The second-order valence-corrected chi connectivity index (χ2v) is 13.2. The summed E-state index contributed by atoms with van der Waals surface area (Å²) in [7, 11) is -3.67. The summed E-state index contributed by atoms with van der Waals surface area (Å²) in [4.78, 5) is 20.1. The number of aromatic nitrogens is 2. The maximum atomic E-state index is 13.8. The first-order valence-electron chi connectivity index (χ1n) is 13.9. The molecule has 0 spiro atoms.